The molecule has 0 aromatic carbocycles. The van der Waals surface area contributed by atoms with Gasteiger partial charge in [0, 0.05) is 24.7 Å². The summed E-state index contributed by atoms with van der Waals surface area (Å²) in [6, 6.07) is 0.182. The van der Waals surface area contributed by atoms with Crippen molar-refractivity contribution in [3.05, 3.63) is 0 Å². The number of halogens is 3. The SMILES string of the molecule is CCC1CN(CC(F)(F)F)C(C)(CC)CN1. The summed E-state index contributed by atoms with van der Waals surface area (Å²) in [5.41, 5.74) is -0.374. The molecule has 1 aliphatic heterocycles. The van der Waals surface area contributed by atoms with Crippen molar-refractivity contribution in [1.82, 2.24) is 10.2 Å². The molecule has 2 unspecified atom stereocenters. The van der Waals surface area contributed by atoms with Crippen LogP contribution in [0.4, 0.5) is 13.2 Å². The lowest BCUT2D eigenvalue weighted by Gasteiger charge is -2.48. The summed E-state index contributed by atoms with van der Waals surface area (Å²) in [4.78, 5) is 1.58. The van der Waals surface area contributed by atoms with E-state index < -0.39 is 12.7 Å². The van der Waals surface area contributed by atoms with Crippen LogP contribution >= 0.6 is 0 Å². The molecule has 16 heavy (non-hydrogen) atoms. The summed E-state index contributed by atoms with van der Waals surface area (Å²) in [5.74, 6) is 0. The van der Waals surface area contributed by atoms with Crippen LogP contribution in [0.15, 0.2) is 0 Å². The Balaban J connectivity index is 2.72. The van der Waals surface area contributed by atoms with E-state index in [0.717, 1.165) is 12.8 Å². The third-order valence-corrected chi connectivity index (χ3v) is 3.60. The van der Waals surface area contributed by atoms with Crippen molar-refractivity contribution in [3.63, 3.8) is 0 Å². The minimum Gasteiger partial charge on any atom is -0.311 e. The average Bonchev–Trinajstić information content (AvgIpc) is 2.19. The fourth-order valence-corrected chi connectivity index (χ4v) is 2.12. The molecule has 2 atom stereocenters. The minimum absolute atomic E-state index is 0.182. The first-order valence-corrected chi connectivity index (χ1v) is 5.86. The second-order valence-corrected chi connectivity index (χ2v) is 4.83. The van der Waals surface area contributed by atoms with E-state index in [1.807, 2.05) is 20.8 Å². The predicted molar refractivity (Wildman–Crippen MR) is 58.4 cm³/mol. The van der Waals surface area contributed by atoms with Gasteiger partial charge in [0.1, 0.15) is 0 Å². The van der Waals surface area contributed by atoms with E-state index in [-0.39, 0.29) is 11.6 Å². The van der Waals surface area contributed by atoms with E-state index >= 15 is 0 Å². The zero-order valence-electron chi connectivity index (χ0n) is 10.2. The summed E-state index contributed by atoms with van der Waals surface area (Å²) in [7, 11) is 0. The number of alkyl halides is 3. The van der Waals surface area contributed by atoms with E-state index in [2.05, 4.69) is 5.32 Å². The first-order chi connectivity index (χ1) is 7.30. The van der Waals surface area contributed by atoms with Crippen molar-refractivity contribution in [2.24, 2.45) is 0 Å². The third kappa shape index (κ3) is 3.35. The van der Waals surface area contributed by atoms with Crippen molar-refractivity contribution in [2.45, 2.75) is 51.4 Å². The van der Waals surface area contributed by atoms with Crippen LogP contribution in [0, 0.1) is 0 Å². The van der Waals surface area contributed by atoms with Gasteiger partial charge in [-0.15, -0.1) is 0 Å². The van der Waals surface area contributed by atoms with Gasteiger partial charge in [0.05, 0.1) is 6.54 Å². The van der Waals surface area contributed by atoms with Crippen molar-refractivity contribution in [2.75, 3.05) is 19.6 Å². The zero-order valence-corrected chi connectivity index (χ0v) is 10.2. The Labute approximate surface area is 95.2 Å². The second kappa shape index (κ2) is 4.92. The van der Waals surface area contributed by atoms with Gasteiger partial charge in [0.25, 0.3) is 0 Å². The Hall–Kier alpha value is -0.290. The van der Waals surface area contributed by atoms with Gasteiger partial charge in [-0.05, 0) is 19.8 Å². The molecule has 0 aromatic rings. The Morgan fingerprint density at radius 2 is 2.00 bits per heavy atom. The molecule has 2 nitrogen and oxygen atoms in total. The molecular weight excluding hydrogens is 217 g/mol. The lowest BCUT2D eigenvalue weighted by Crippen LogP contribution is -2.64. The van der Waals surface area contributed by atoms with Gasteiger partial charge in [-0.2, -0.15) is 13.2 Å². The molecule has 5 heteroatoms. The Kier molecular flexibility index (Phi) is 4.23. The van der Waals surface area contributed by atoms with Gasteiger partial charge in [-0.3, -0.25) is 4.90 Å². The van der Waals surface area contributed by atoms with Gasteiger partial charge >= 0.3 is 6.18 Å². The van der Waals surface area contributed by atoms with Gasteiger partial charge in [0.2, 0.25) is 0 Å². The molecule has 0 aromatic heterocycles. The fourth-order valence-electron chi connectivity index (χ4n) is 2.12. The molecule has 0 bridgehead atoms. The topological polar surface area (TPSA) is 15.3 Å². The van der Waals surface area contributed by atoms with Crippen molar-refractivity contribution in [1.29, 1.82) is 0 Å². The summed E-state index contributed by atoms with van der Waals surface area (Å²) in [6.07, 6.45) is -2.51. The van der Waals surface area contributed by atoms with E-state index in [9.17, 15) is 13.2 Å². The van der Waals surface area contributed by atoms with Gasteiger partial charge < -0.3 is 5.32 Å². The maximum Gasteiger partial charge on any atom is 0.401 e. The smallest absolute Gasteiger partial charge is 0.311 e. The highest BCUT2D eigenvalue weighted by Crippen LogP contribution is 2.28. The molecule has 1 fully saturated rings. The number of nitrogens with zero attached hydrogens (tertiary/aromatic N) is 1. The molecular formula is C11H21F3N2. The molecule has 1 N–H and O–H groups in total. The monoisotopic (exact) mass is 238 g/mol. The maximum atomic E-state index is 12.5. The molecule has 0 spiro atoms. The van der Waals surface area contributed by atoms with Crippen LogP contribution in [-0.2, 0) is 0 Å². The standard InChI is InChI=1S/C11H21F3N2/c1-4-9-6-16(8-11(12,13)14)10(3,5-2)7-15-9/h9,15H,4-8H2,1-3H3. The number of piperazine rings is 1. The lowest BCUT2D eigenvalue weighted by atomic mass is 9.91. The van der Waals surface area contributed by atoms with Crippen LogP contribution in [0.2, 0.25) is 0 Å². The van der Waals surface area contributed by atoms with Crippen molar-refractivity contribution in [3.8, 4) is 0 Å². The summed E-state index contributed by atoms with van der Waals surface area (Å²) in [5, 5.41) is 3.32. The van der Waals surface area contributed by atoms with Crippen LogP contribution < -0.4 is 5.32 Å². The Morgan fingerprint density at radius 1 is 1.38 bits per heavy atom. The zero-order chi connectivity index (χ0) is 12.4. The van der Waals surface area contributed by atoms with Crippen LogP contribution in [0.1, 0.15) is 33.6 Å². The molecule has 0 aliphatic carbocycles. The molecule has 1 aliphatic rings. The largest absolute Gasteiger partial charge is 0.401 e. The quantitative estimate of drug-likeness (QED) is 0.812. The fraction of sp³-hybridized carbons (Fsp3) is 1.00. The summed E-state index contributed by atoms with van der Waals surface area (Å²) >= 11 is 0. The molecule has 0 saturated carbocycles. The number of nitrogens with one attached hydrogen (secondary N) is 1. The first-order valence-electron chi connectivity index (χ1n) is 5.86. The molecule has 1 saturated heterocycles. The molecule has 96 valence electrons. The Bertz CT molecular complexity index is 230. The molecule has 1 heterocycles. The van der Waals surface area contributed by atoms with E-state index in [4.69, 9.17) is 0 Å². The summed E-state index contributed by atoms with van der Waals surface area (Å²) in [6.45, 7) is 6.17. The number of hydrogen-bond donors (Lipinski definition) is 1. The summed E-state index contributed by atoms with van der Waals surface area (Å²) < 4.78 is 37.5. The van der Waals surface area contributed by atoms with Gasteiger partial charge in [0.15, 0.2) is 0 Å². The van der Waals surface area contributed by atoms with Crippen molar-refractivity contribution < 1.29 is 13.2 Å². The van der Waals surface area contributed by atoms with E-state index in [0.29, 0.717) is 13.1 Å². The van der Waals surface area contributed by atoms with E-state index in [1.54, 1.807) is 4.90 Å². The second-order valence-electron chi connectivity index (χ2n) is 4.83. The highest BCUT2D eigenvalue weighted by molar-refractivity contribution is 4.95. The highest BCUT2D eigenvalue weighted by atomic mass is 19.4. The lowest BCUT2D eigenvalue weighted by molar-refractivity contribution is -0.163. The average molecular weight is 238 g/mol. The third-order valence-electron chi connectivity index (χ3n) is 3.60. The van der Waals surface area contributed by atoms with Crippen molar-refractivity contribution >= 4 is 0 Å². The highest BCUT2D eigenvalue weighted by Gasteiger charge is 2.41. The molecule has 1 rings (SSSR count). The van der Waals surface area contributed by atoms with Crippen LogP contribution in [0.25, 0.3) is 0 Å². The van der Waals surface area contributed by atoms with E-state index in [1.165, 1.54) is 0 Å². The minimum atomic E-state index is -4.11. The maximum absolute atomic E-state index is 12.5. The molecule has 0 radical (unpaired) electrons. The molecule has 0 amide bonds. The normalized spacial score (nSPS) is 33.0. The predicted octanol–water partition coefficient (Wildman–Crippen LogP) is 2.40. The van der Waals surface area contributed by atoms with Crippen LogP contribution in [0.5, 0.6) is 0 Å². The van der Waals surface area contributed by atoms with Gasteiger partial charge in [-0.1, -0.05) is 13.8 Å². The number of rotatable bonds is 3. The van der Waals surface area contributed by atoms with Crippen LogP contribution in [0.3, 0.4) is 0 Å². The van der Waals surface area contributed by atoms with Gasteiger partial charge in [-0.25, -0.2) is 0 Å². The first kappa shape index (κ1) is 13.8. The van der Waals surface area contributed by atoms with Crippen LogP contribution in [-0.4, -0.2) is 42.3 Å². The number of hydrogen-bond acceptors (Lipinski definition) is 2. The Morgan fingerprint density at radius 3 is 2.44 bits per heavy atom.